The molecule has 1 aromatic carbocycles. The van der Waals surface area contributed by atoms with Crippen LogP contribution in [0.1, 0.15) is 19.5 Å². The monoisotopic (exact) mass is 509 g/mol. The lowest BCUT2D eigenvalue weighted by Crippen LogP contribution is -2.39. The van der Waals surface area contributed by atoms with Crippen LogP contribution in [0, 0.1) is 0 Å². The second-order valence-corrected chi connectivity index (χ2v) is 9.31. The summed E-state index contributed by atoms with van der Waals surface area (Å²) in [5.41, 5.74) is 11.0. The maximum Gasteiger partial charge on any atom is 0.219 e. The highest BCUT2D eigenvalue weighted by Gasteiger charge is 2.22. The van der Waals surface area contributed by atoms with Crippen molar-refractivity contribution in [1.82, 2.24) is 24.9 Å². The predicted octanol–water partition coefficient (Wildman–Crippen LogP) is 1.69. The Morgan fingerprint density at radius 1 is 1.30 bits per heavy atom. The second-order valence-electron chi connectivity index (χ2n) is 9.31. The van der Waals surface area contributed by atoms with Gasteiger partial charge in [-0.05, 0) is 50.7 Å². The first-order chi connectivity index (χ1) is 17.8. The van der Waals surface area contributed by atoms with Crippen LogP contribution in [0.3, 0.4) is 0 Å². The first-order valence-electron chi connectivity index (χ1n) is 12.3. The number of H-pyrrole nitrogens is 1. The van der Waals surface area contributed by atoms with Gasteiger partial charge in [-0.3, -0.25) is 15.0 Å². The molecule has 198 valence electrons. The van der Waals surface area contributed by atoms with Crippen LogP contribution in [0.2, 0.25) is 0 Å². The van der Waals surface area contributed by atoms with Gasteiger partial charge in [0, 0.05) is 25.5 Å². The minimum atomic E-state index is -0.524. The molecule has 37 heavy (non-hydrogen) atoms. The molecule has 0 saturated carbocycles. The molecule has 11 heteroatoms. The van der Waals surface area contributed by atoms with Crippen molar-refractivity contribution in [3.8, 4) is 17.0 Å². The number of aliphatic imine (C=N–C) groups is 1. The molecule has 3 heterocycles. The number of nitrogens with zero attached hydrogens (tertiary/aromatic N) is 5. The zero-order chi connectivity index (χ0) is 26.5. The third-order valence-corrected chi connectivity index (χ3v) is 5.95. The maximum atomic E-state index is 10.1. The highest BCUT2D eigenvalue weighted by atomic mass is 16.5. The summed E-state index contributed by atoms with van der Waals surface area (Å²) in [6.45, 7) is 4.51. The maximum absolute atomic E-state index is 10.1. The lowest BCUT2D eigenvalue weighted by Gasteiger charge is -2.25. The van der Waals surface area contributed by atoms with E-state index in [4.69, 9.17) is 15.2 Å². The fourth-order valence-corrected chi connectivity index (χ4v) is 4.26. The Morgan fingerprint density at radius 2 is 2.11 bits per heavy atom. The number of aliphatic hydroxyl groups is 2. The lowest BCUT2D eigenvalue weighted by atomic mass is 10.0. The normalized spacial score (nSPS) is 20.5. The number of hydrogen-bond donors (Lipinski definition) is 4. The molecule has 0 amide bonds. The van der Waals surface area contributed by atoms with E-state index in [1.54, 1.807) is 10.9 Å². The summed E-state index contributed by atoms with van der Waals surface area (Å²) in [5.74, 6) is 0.796. The van der Waals surface area contributed by atoms with Gasteiger partial charge in [-0.2, -0.15) is 10.2 Å². The van der Waals surface area contributed by atoms with Gasteiger partial charge in [0.2, 0.25) is 5.88 Å². The van der Waals surface area contributed by atoms with Crippen LogP contribution >= 0.6 is 0 Å². The summed E-state index contributed by atoms with van der Waals surface area (Å²) in [6.07, 6.45) is 4.85. The average Bonchev–Trinajstić information content (AvgIpc) is 3.43. The van der Waals surface area contributed by atoms with E-state index < -0.39 is 6.10 Å². The number of nitrogens with two attached hydrogens (primary N) is 1. The molecular formula is C26H35N7O4. The van der Waals surface area contributed by atoms with Crippen molar-refractivity contribution in [3.05, 3.63) is 47.6 Å². The zero-order valence-corrected chi connectivity index (χ0v) is 21.7. The van der Waals surface area contributed by atoms with Gasteiger partial charge in [0.1, 0.15) is 6.10 Å². The van der Waals surface area contributed by atoms with Gasteiger partial charge in [-0.1, -0.05) is 6.07 Å². The number of aromatic nitrogens is 4. The fraction of sp³-hybridized carbons (Fsp3) is 0.423. The Balaban J connectivity index is 1.90. The van der Waals surface area contributed by atoms with Crippen LogP contribution in [0.25, 0.3) is 28.1 Å². The molecule has 11 nitrogen and oxygen atoms in total. The molecule has 0 spiro atoms. The smallest absolute Gasteiger partial charge is 0.219 e. The van der Waals surface area contributed by atoms with Gasteiger partial charge < -0.3 is 25.4 Å². The topological polar surface area (TPSA) is 147 Å². The summed E-state index contributed by atoms with van der Waals surface area (Å²) >= 11 is 0. The Bertz CT molecular complexity index is 1320. The van der Waals surface area contributed by atoms with Crippen molar-refractivity contribution in [3.63, 3.8) is 0 Å². The predicted molar refractivity (Wildman–Crippen MR) is 143 cm³/mol. The van der Waals surface area contributed by atoms with E-state index in [-0.39, 0.29) is 31.7 Å². The largest absolute Gasteiger partial charge is 0.476 e. The van der Waals surface area contributed by atoms with Crippen LogP contribution in [0.15, 0.2) is 46.9 Å². The molecule has 0 fully saturated rings. The number of rotatable bonds is 5. The van der Waals surface area contributed by atoms with Gasteiger partial charge in [0.25, 0.3) is 0 Å². The van der Waals surface area contributed by atoms with Crippen molar-refractivity contribution in [2.24, 2.45) is 17.8 Å². The molecule has 1 aliphatic heterocycles. The number of hydrogen-bond acceptors (Lipinski definition) is 9. The van der Waals surface area contributed by atoms with Crippen molar-refractivity contribution in [2.45, 2.75) is 26.1 Å². The molecule has 2 bridgehead atoms. The van der Waals surface area contributed by atoms with Gasteiger partial charge in [-0.25, -0.2) is 4.68 Å². The van der Waals surface area contributed by atoms with E-state index >= 15 is 0 Å². The molecule has 4 rings (SSSR count). The number of ether oxygens (including phenoxy) is 2. The van der Waals surface area contributed by atoms with E-state index in [0.29, 0.717) is 30.3 Å². The summed E-state index contributed by atoms with van der Waals surface area (Å²) in [7, 11) is 3.72. The van der Waals surface area contributed by atoms with Crippen molar-refractivity contribution in [1.29, 1.82) is 0 Å². The SMILES string of the molecule is CC(C)O/C(N)=C1\C=C\c2[nH]nc3ccc(cc23)-c2cnn(C)c2O[C@@H](CO)CN(C)CC1=NCCO. The van der Waals surface area contributed by atoms with Crippen LogP contribution in [-0.2, 0) is 11.8 Å². The first kappa shape index (κ1) is 26.4. The number of benzene rings is 1. The number of aliphatic hydroxyl groups excluding tert-OH is 2. The van der Waals surface area contributed by atoms with E-state index in [1.807, 2.05) is 63.2 Å². The third-order valence-electron chi connectivity index (χ3n) is 5.95. The number of aromatic amines is 1. The van der Waals surface area contributed by atoms with E-state index in [0.717, 1.165) is 27.7 Å². The first-order valence-corrected chi connectivity index (χ1v) is 12.3. The number of allylic oxidation sites excluding steroid dienone is 1. The molecule has 5 N–H and O–H groups in total. The molecule has 0 unspecified atom stereocenters. The number of fused-ring (bicyclic) bond motifs is 3. The molecular weight excluding hydrogens is 474 g/mol. The summed E-state index contributed by atoms with van der Waals surface area (Å²) in [4.78, 5) is 6.60. The van der Waals surface area contributed by atoms with Crippen LogP contribution in [0.5, 0.6) is 5.88 Å². The van der Waals surface area contributed by atoms with E-state index in [9.17, 15) is 10.2 Å². The van der Waals surface area contributed by atoms with Gasteiger partial charge in [0.05, 0.1) is 60.1 Å². The van der Waals surface area contributed by atoms with Crippen molar-refractivity contribution >= 4 is 22.7 Å². The quantitative estimate of drug-likeness (QED) is 0.380. The molecule has 1 atom stereocenters. The molecule has 0 saturated heterocycles. The second kappa shape index (κ2) is 11.6. The van der Waals surface area contributed by atoms with Crippen LogP contribution in [-0.4, -0.2) is 92.9 Å². The highest BCUT2D eigenvalue weighted by molar-refractivity contribution is 6.05. The van der Waals surface area contributed by atoms with Gasteiger partial charge in [-0.15, -0.1) is 0 Å². The molecule has 0 radical (unpaired) electrons. The Hall–Kier alpha value is -3.67. The summed E-state index contributed by atoms with van der Waals surface area (Å²) in [5, 5.41) is 32.5. The average molecular weight is 510 g/mol. The van der Waals surface area contributed by atoms with E-state index in [1.165, 1.54) is 0 Å². The molecule has 1 aliphatic rings. The number of nitrogens with one attached hydrogen (secondary N) is 1. The standard InChI is InChI=1S/C26H35N7O4/c1-16(2)36-25(27)19-6-8-23-20-11-17(5-7-22(20)30-31-23)21-12-29-33(4)26(21)37-18(15-35)13-32(3)14-24(19)28-9-10-34/h5-8,11-12,16,18,34-35H,9-10,13-15,27H2,1-4H3,(H,30,31)/b8-6+,25-19+,28-24?/t18-/m1/s1. The number of aryl methyl sites for hydroxylation is 1. The van der Waals surface area contributed by atoms with E-state index in [2.05, 4.69) is 20.3 Å². The number of likely N-dealkylation sites (N-methyl/N-ethyl adjacent to an activating group) is 1. The molecule has 2 aromatic heterocycles. The minimum absolute atomic E-state index is 0.102. The molecule has 0 aliphatic carbocycles. The third kappa shape index (κ3) is 6.01. The molecule has 3 aromatic rings. The summed E-state index contributed by atoms with van der Waals surface area (Å²) < 4.78 is 13.8. The van der Waals surface area contributed by atoms with Crippen molar-refractivity contribution in [2.75, 3.05) is 39.9 Å². The fourth-order valence-electron chi connectivity index (χ4n) is 4.26. The summed E-state index contributed by atoms with van der Waals surface area (Å²) in [6, 6.07) is 5.93. The lowest BCUT2D eigenvalue weighted by molar-refractivity contribution is 0.0823. The Labute approximate surface area is 215 Å². The van der Waals surface area contributed by atoms with Gasteiger partial charge >= 0.3 is 0 Å². The zero-order valence-electron chi connectivity index (χ0n) is 21.7. The van der Waals surface area contributed by atoms with Crippen LogP contribution in [0.4, 0.5) is 0 Å². The van der Waals surface area contributed by atoms with Crippen molar-refractivity contribution < 1.29 is 19.7 Å². The van der Waals surface area contributed by atoms with Crippen LogP contribution < -0.4 is 10.5 Å². The van der Waals surface area contributed by atoms with Gasteiger partial charge in [0.15, 0.2) is 5.88 Å². The Morgan fingerprint density at radius 3 is 2.84 bits per heavy atom. The Kier molecular flexibility index (Phi) is 8.27. The highest BCUT2D eigenvalue weighted by Crippen LogP contribution is 2.33. The minimum Gasteiger partial charge on any atom is -0.476 e.